The Bertz CT molecular complexity index is 545. The third-order valence-electron chi connectivity index (χ3n) is 3.19. The van der Waals surface area contributed by atoms with Gasteiger partial charge in [-0.15, -0.1) is 0 Å². The van der Waals surface area contributed by atoms with Crippen LogP contribution >= 0.6 is 0 Å². The largest absolute Gasteiger partial charge is 0.494 e. The second-order valence-electron chi connectivity index (χ2n) is 5.83. The molecule has 0 aliphatic rings. The lowest BCUT2D eigenvalue weighted by Gasteiger charge is -2.11. The van der Waals surface area contributed by atoms with Crippen LogP contribution in [0.3, 0.4) is 0 Å². The third-order valence-corrected chi connectivity index (χ3v) is 3.19. The Kier molecular flexibility index (Phi) is 7.78. The van der Waals surface area contributed by atoms with Gasteiger partial charge in [-0.1, -0.05) is 13.8 Å². The summed E-state index contributed by atoms with van der Waals surface area (Å²) in [4.78, 5) is 22.9. The molecule has 0 aliphatic carbocycles. The molecule has 0 aromatic heterocycles. The number of carbonyl (C=O) groups excluding carboxylic acids is 2. The van der Waals surface area contributed by atoms with Crippen LogP contribution in [0.4, 0.5) is 0 Å². The molecule has 1 rings (SSSR count). The van der Waals surface area contributed by atoms with E-state index in [1.54, 1.807) is 6.07 Å². The second kappa shape index (κ2) is 9.32. The number of hydrogen-bond acceptors (Lipinski definition) is 5. The first kappa shape index (κ1) is 19.2. The topological polar surface area (TPSA) is 95.9 Å². The lowest BCUT2D eigenvalue weighted by Crippen LogP contribution is -2.34. The molecule has 6 nitrogen and oxygen atoms in total. The second-order valence-corrected chi connectivity index (χ2v) is 5.83. The highest BCUT2D eigenvalue weighted by Crippen LogP contribution is 2.12. The fourth-order valence-electron chi connectivity index (χ4n) is 2.10. The maximum Gasteiger partial charge on any atom is 0.489 e. The number of rotatable bonds is 9. The molecule has 126 valence electrons. The van der Waals surface area contributed by atoms with Crippen molar-refractivity contribution in [2.45, 2.75) is 33.6 Å². The number of hydrogen-bond donors (Lipinski definition) is 3. The van der Waals surface area contributed by atoms with Gasteiger partial charge in [0, 0.05) is 18.5 Å². The smallest absolute Gasteiger partial charge is 0.489 e. The Morgan fingerprint density at radius 2 is 2.00 bits per heavy atom. The molecule has 1 aromatic rings. The van der Waals surface area contributed by atoms with E-state index in [2.05, 4.69) is 5.32 Å². The first-order valence-electron chi connectivity index (χ1n) is 7.71. The molecule has 0 bridgehead atoms. The van der Waals surface area contributed by atoms with Crippen LogP contribution in [-0.2, 0) is 4.79 Å². The zero-order valence-electron chi connectivity index (χ0n) is 13.8. The Morgan fingerprint density at radius 1 is 1.30 bits per heavy atom. The molecule has 3 N–H and O–H groups in total. The minimum atomic E-state index is -1.73. The molecule has 0 aliphatic heterocycles. The van der Waals surface area contributed by atoms with Crippen molar-refractivity contribution < 1.29 is 24.4 Å². The molecule has 0 saturated heterocycles. The number of nitrogens with one attached hydrogen (secondary N) is 1. The summed E-state index contributed by atoms with van der Waals surface area (Å²) >= 11 is 0. The maximum absolute atomic E-state index is 11.5. The lowest BCUT2D eigenvalue weighted by molar-refractivity contribution is -0.121. The standard InChI is InChI=1S/C16H24BNO5/c1-11(2)9-16(20)18-7-4-8-23-13-5-6-14(12(3)19)15(10-13)17(21)22/h5-6,10-11,21-22H,4,7-9H2,1-3H3,(H,18,20). The number of benzene rings is 1. The Labute approximate surface area is 137 Å². The van der Waals surface area contributed by atoms with Crippen LogP contribution in [0.5, 0.6) is 5.75 Å². The zero-order valence-corrected chi connectivity index (χ0v) is 13.8. The number of carbonyl (C=O) groups is 2. The van der Waals surface area contributed by atoms with Crippen LogP contribution in [-0.4, -0.2) is 42.0 Å². The summed E-state index contributed by atoms with van der Waals surface area (Å²) in [6.45, 7) is 6.23. The van der Waals surface area contributed by atoms with Gasteiger partial charge < -0.3 is 20.1 Å². The monoisotopic (exact) mass is 321 g/mol. The molecule has 0 saturated carbocycles. The van der Waals surface area contributed by atoms with Crippen LogP contribution in [0, 0.1) is 5.92 Å². The van der Waals surface area contributed by atoms with Gasteiger partial charge in [-0.2, -0.15) is 0 Å². The molecule has 23 heavy (non-hydrogen) atoms. The van der Waals surface area contributed by atoms with Gasteiger partial charge >= 0.3 is 7.12 Å². The van der Waals surface area contributed by atoms with Crippen molar-refractivity contribution in [3.8, 4) is 5.75 Å². The molecule has 1 amide bonds. The van der Waals surface area contributed by atoms with E-state index in [1.807, 2.05) is 13.8 Å². The van der Waals surface area contributed by atoms with Gasteiger partial charge in [-0.25, -0.2) is 0 Å². The fraction of sp³-hybridized carbons (Fsp3) is 0.500. The number of Topliss-reactive ketones (excluding diaryl/α,β-unsaturated/α-hetero) is 1. The Balaban J connectivity index is 2.45. The summed E-state index contributed by atoms with van der Waals surface area (Å²) in [5.41, 5.74) is 0.383. The van der Waals surface area contributed by atoms with Gasteiger partial charge in [0.2, 0.25) is 5.91 Å². The van der Waals surface area contributed by atoms with Crippen LogP contribution in [0.1, 0.15) is 44.0 Å². The van der Waals surface area contributed by atoms with E-state index in [0.717, 1.165) is 0 Å². The molecular formula is C16H24BNO5. The van der Waals surface area contributed by atoms with Crippen LogP contribution in [0.15, 0.2) is 18.2 Å². The molecule has 0 unspecified atom stereocenters. The first-order valence-corrected chi connectivity index (χ1v) is 7.71. The van der Waals surface area contributed by atoms with Gasteiger partial charge in [0.25, 0.3) is 0 Å². The summed E-state index contributed by atoms with van der Waals surface area (Å²) in [5.74, 6) is 0.560. The molecule has 7 heteroatoms. The van der Waals surface area contributed by atoms with Crippen LogP contribution in [0.25, 0.3) is 0 Å². The van der Waals surface area contributed by atoms with Gasteiger partial charge in [0.15, 0.2) is 5.78 Å². The average Bonchev–Trinajstić information content (AvgIpc) is 2.45. The Hall–Kier alpha value is -1.86. The summed E-state index contributed by atoms with van der Waals surface area (Å²) in [5, 5.41) is 21.5. The third kappa shape index (κ3) is 6.84. The highest BCUT2D eigenvalue weighted by atomic mass is 16.5. The van der Waals surface area contributed by atoms with Crippen molar-refractivity contribution in [1.82, 2.24) is 5.32 Å². The van der Waals surface area contributed by atoms with Crippen molar-refractivity contribution in [3.63, 3.8) is 0 Å². The predicted molar refractivity (Wildman–Crippen MR) is 88.8 cm³/mol. The Morgan fingerprint density at radius 3 is 2.57 bits per heavy atom. The first-order chi connectivity index (χ1) is 10.8. The lowest BCUT2D eigenvalue weighted by atomic mass is 9.76. The molecule has 0 radical (unpaired) electrons. The highest BCUT2D eigenvalue weighted by molar-refractivity contribution is 6.60. The van der Waals surface area contributed by atoms with Gasteiger partial charge in [-0.05, 0) is 42.9 Å². The predicted octanol–water partition coefficient (Wildman–Crippen LogP) is 0.500. The summed E-state index contributed by atoms with van der Waals surface area (Å²) in [6, 6.07) is 4.57. The van der Waals surface area contributed by atoms with E-state index >= 15 is 0 Å². The normalized spacial score (nSPS) is 10.5. The molecule has 0 heterocycles. The SMILES string of the molecule is CC(=O)c1ccc(OCCCNC(=O)CC(C)C)cc1B(O)O. The number of ether oxygens (including phenoxy) is 1. The van der Waals surface area contributed by atoms with Crippen molar-refractivity contribution in [3.05, 3.63) is 23.8 Å². The zero-order chi connectivity index (χ0) is 17.4. The minimum absolute atomic E-state index is 0.0245. The van der Waals surface area contributed by atoms with E-state index in [-0.39, 0.29) is 22.7 Å². The van der Waals surface area contributed by atoms with Crippen molar-refractivity contribution in [1.29, 1.82) is 0 Å². The van der Waals surface area contributed by atoms with Gasteiger partial charge in [-0.3, -0.25) is 9.59 Å². The fourth-order valence-corrected chi connectivity index (χ4v) is 2.10. The van der Waals surface area contributed by atoms with Crippen molar-refractivity contribution >= 4 is 24.3 Å². The quantitative estimate of drug-likeness (QED) is 0.350. The van der Waals surface area contributed by atoms with Crippen molar-refractivity contribution in [2.75, 3.05) is 13.2 Å². The minimum Gasteiger partial charge on any atom is -0.494 e. The molecule has 0 spiro atoms. The highest BCUT2D eigenvalue weighted by Gasteiger charge is 2.19. The van der Waals surface area contributed by atoms with E-state index in [1.165, 1.54) is 19.1 Å². The molecule has 0 fully saturated rings. The average molecular weight is 321 g/mol. The van der Waals surface area contributed by atoms with Crippen LogP contribution in [0.2, 0.25) is 0 Å². The summed E-state index contributed by atoms with van der Waals surface area (Å²) in [6.07, 6.45) is 1.14. The molecule has 0 atom stereocenters. The maximum atomic E-state index is 11.5. The molecule has 1 aromatic carbocycles. The number of amides is 1. The van der Waals surface area contributed by atoms with E-state index in [9.17, 15) is 19.6 Å². The molecular weight excluding hydrogens is 297 g/mol. The number of ketones is 1. The summed E-state index contributed by atoms with van der Waals surface area (Å²) in [7, 11) is -1.73. The van der Waals surface area contributed by atoms with Crippen molar-refractivity contribution in [2.24, 2.45) is 5.92 Å². The van der Waals surface area contributed by atoms with Crippen LogP contribution < -0.4 is 15.5 Å². The van der Waals surface area contributed by atoms with E-state index < -0.39 is 7.12 Å². The summed E-state index contributed by atoms with van der Waals surface area (Å²) < 4.78 is 5.51. The van der Waals surface area contributed by atoms with Gasteiger partial charge in [0.1, 0.15) is 5.75 Å². The van der Waals surface area contributed by atoms with Gasteiger partial charge in [0.05, 0.1) is 6.61 Å². The van der Waals surface area contributed by atoms with E-state index in [4.69, 9.17) is 4.74 Å². The van der Waals surface area contributed by atoms with E-state index in [0.29, 0.717) is 37.7 Å².